The fraction of sp³-hybridized carbons (Fsp3) is 0.545. The lowest BCUT2D eigenvalue weighted by molar-refractivity contribution is 0.642. The van der Waals surface area contributed by atoms with Gasteiger partial charge in [-0.1, -0.05) is 12.8 Å². The van der Waals surface area contributed by atoms with E-state index in [4.69, 9.17) is 5.73 Å². The molecule has 0 radical (unpaired) electrons. The van der Waals surface area contributed by atoms with Gasteiger partial charge in [-0.3, -0.25) is 0 Å². The van der Waals surface area contributed by atoms with Gasteiger partial charge in [0.1, 0.15) is 5.82 Å². The lowest BCUT2D eigenvalue weighted by Gasteiger charge is -2.14. The summed E-state index contributed by atoms with van der Waals surface area (Å²) in [5, 5.41) is 3.43. The van der Waals surface area contributed by atoms with Gasteiger partial charge in [-0.2, -0.15) is 0 Å². The van der Waals surface area contributed by atoms with Crippen LogP contribution in [0.2, 0.25) is 0 Å². The predicted octanol–water partition coefficient (Wildman–Crippen LogP) is 2.26. The molecule has 3 N–H and O–H groups in total. The van der Waals surface area contributed by atoms with Crippen molar-refractivity contribution in [2.75, 3.05) is 11.1 Å². The van der Waals surface area contributed by atoms with Gasteiger partial charge in [0.15, 0.2) is 0 Å². The van der Waals surface area contributed by atoms with E-state index in [0.29, 0.717) is 11.9 Å². The number of nitrogen functional groups attached to an aromatic ring is 1. The van der Waals surface area contributed by atoms with Gasteiger partial charge in [-0.25, -0.2) is 4.98 Å². The lowest BCUT2D eigenvalue weighted by atomic mass is 10.1. The first kappa shape index (κ1) is 9.31. The Bertz CT molecular complexity index is 307. The molecule has 76 valence electrons. The van der Waals surface area contributed by atoms with Crippen LogP contribution in [0.4, 0.5) is 11.5 Å². The Kier molecular flexibility index (Phi) is 2.57. The van der Waals surface area contributed by atoms with Crippen LogP contribution in [0.25, 0.3) is 0 Å². The van der Waals surface area contributed by atoms with Gasteiger partial charge < -0.3 is 11.1 Å². The number of nitrogens with zero attached hydrogens (tertiary/aromatic N) is 1. The molecule has 1 aromatic rings. The van der Waals surface area contributed by atoms with Crippen molar-refractivity contribution in [3.63, 3.8) is 0 Å². The van der Waals surface area contributed by atoms with E-state index in [2.05, 4.69) is 17.2 Å². The van der Waals surface area contributed by atoms with Gasteiger partial charge in [0, 0.05) is 24.0 Å². The molecule has 0 aliphatic heterocycles. The molecule has 1 unspecified atom stereocenters. The molecule has 1 atom stereocenters. The summed E-state index contributed by atoms with van der Waals surface area (Å²) in [4.78, 5) is 3.96. The highest BCUT2D eigenvalue weighted by Gasteiger charge is 2.23. The van der Waals surface area contributed by atoms with E-state index < -0.39 is 0 Å². The Morgan fingerprint density at radius 3 is 3.07 bits per heavy atom. The molecule has 2 rings (SSSR count). The molecule has 1 heterocycles. The summed E-state index contributed by atoms with van der Waals surface area (Å²) in [5.74, 6) is 1.53. The molecule has 0 spiro atoms. The number of hydrogen-bond acceptors (Lipinski definition) is 3. The first-order valence-electron chi connectivity index (χ1n) is 5.22. The van der Waals surface area contributed by atoms with Crippen LogP contribution >= 0.6 is 0 Å². The highest BCUT2D eigenvalue weighted by molar-refractivity contribution is 5.50. The van der Waals surface area contributed by atoms with E-state index in [0.717, 1.165) is 11.6 Å². The van der Waals surface area contributed by atoms with Crippen LogP contribution in [0.3, 0.4) is 0 Å². The van der Waals surface area contributed by atoms with Gasteiger partial charge in [0.05, 0.1) is 0 Å². The number of nitrogens with one attached hydrogen (secondary N) is 1. The lowest BCUT2D eigenvalue weighted by Crippen LogP contribution is -2.15. The van der Waals surface area contributed by atoms with E-state index >= 15 is 0 Å². The summed E-state index contributed by atoms with van der Waals surface area (Å²) in [6.45, 7) is 2.22. The van der Waals surface area contributed by atoms with E-state index in [9.17, 15) is 0 Å². The third kappa shape index (κ3) is 2.62. The zero-order valence-corrected chi connectivity index (χ0v) is 8.53. The van der Waals surface area contributed by atoms with Crippen LogP contribution < -0.4 is 11.1 Å². The zero-order valence-electron chi connectivity index (χ0n) is 8.53. The van der Waals surface area contributed by atoms with Crippen molar-refractivity contribution in [3.05, 3.63) is 18.3 Å². The number of hydrogen-bond donors (Lipinski definition) is 2. The second kappa shape index (κ2) is 3.86. The second-order valence-corrected chi connectivity index (χ2v) is 4.19. The molecule has 1 fully saturated rings. The molecular weight excluding hydrogens is 174 g/mol. The molecule has 1 saturated carbocycles. The van der Waals surface area contributed by atoms with Crippen molar-refractivity contribution in [2.24, 2.45) is 5.92 Å². The molecule has 0 aromatic carbocycles. The van der Waals surface area contributed by atoms with Gasteiger partial charge in [-0.05, 0) is 25.3 Å². The van der Waals surface area contributed by atoms with Crippen LogP contribution in [0.5, 0.6) is 0 Å². The molecule has 3 nitrogen and oxygen atoms in total. The van der Waals surface area contributed by atoms with Crippen molar-refractivity contribution < 1.29 is 0 Å². The SMILES string of the molecule is CC(CC1CC1)Nc1ccnc(N)c1. The van der Waals surface area contributed by atoms with E-state index in [1.54, 1.807) is 6.20 Å². The number of nitrogens with two attached hydrogens (primary N) is 1. The molecule has 1 aliphatic rings. The average molecular weight is 191 g/mol. The Labute approximate surface area is 84.7 Å². The van der Waals surface area contributed by atoms with Crippen LogP contribution in [0, 0.1) is 5.92 Å². The third-order valence-electron chi connectivity index (χ3n) is 2.58. The first-order valence-corrected chi connectivity index (χ1v) is 5.22. The Morgan fingerprint density at radius 1 is 1.64 bits per heavy atom. The maximum absolute atomic E-state index is 5.60. The summed E-state index contributed by atoms with van der Waals surface area (Å²) in [6, 6.07) is 4.37. The van der Waals surface area contributed by atoms with Gasteiger partial charge in [0.25, 0.3) is 0 Å². The van der Waals surface area contributed by atoms with Crippen LogP contribution in [0.1, 0.15) is 26.2 Å². The molecule has 3 heteroatoms. The second-order valence-electron chi connectivity index (χ2n) is 4.19. The standard InChI is InChI=1S/C11H17N3/c1-8(6-9-2-3-9)14-10-4-5-13-11(12)7-10/h4-5,7-9H,2-3,6H2,1H3,(H3,12,13,14). The van der Waals surface area contributed by atoms with E-state index in [1.165, 1.54) is 19.3 Å². The Balaban J connectivity index is 1.88. The highest BCUT2D eigenvalue weighted by atomic mass is 14.9. The minimum Gasteiger partial charge on any atom is -0.384 e. The maximum atomic E-state index is 5.60. The average Bonchev–Trinajstić information content (AvgIpc) is 2.87. The van der Waals surface area contributed by atoms with Crippen LogP contribution in [-0.2, 0) is 0 Å². The Hall–Kier alpha value is -1.25. The summed E-state index contributed by atoms with van der Waals surface area (Å²) in [7, 11) is 0. The minimum absolute atomic E-state index is 0.532. The monoisotopic (exact) mass is 191 g/mol. The number of pyridine rings is 1. The number of anilines is 2. The van der Waals surface area contributed by atoms with Crippen molar-refractivity contribution in [1.29, 1.82) is 0 Å². The Morgan fingerprint density at radius 2 is 2.43 bits per heavy atom. The molecule has 1 aliphatic carbocycles. The van der Waals surface area contributed by atoms with E-state index in [-0.39, 0.29) is 0 Å². The first-order chi connectivity index (χ1) is 6.74. The molecule has 0 amide bonds. The molecule has 14 heavy (non-hydrogen) atoms. The fourth-order valence-electron chi connectivity index (χ4n) is 1.74. The summed E-state index contributed by atoms with van der Waals surface area (Å²) >= 11 is 0. The highest BCUT2D eigenvalue weighted by Crippen LogP contribution is 2.34. The third-order valence-corrected chi connectivity index (χ3v) is 2.58. The normalized spacial score (nSPS) is 17.8. The maximum Gasteiger partial charge on any atom is 0.125 e. The largest absolute Gasteiger partial charge is 0.384 e. The summed E-state index contributed by atoms with van der Waals surface area (Å²) in [5.41, 5.74) is 6.67. The molecule has 1 aromatic heterocycles. The molecule has 0 saturated heterocycles. The minimum atomic E-state index is 0.532. The molecular formula is C11H17N3. The van der Waals surface area contributed by atoms with Crippen molar-refractivity contribution in [1.82, 2.24) is 4.98 Å². The molecule has 0 bridgehead atoms. The van der Waals surface area contributed by atoms with E-state index in [1.807, 2.05) is 12.1 Å². The topological polar surface area (TPSA) is 50.9 Å². The van der Waals surface area contributed by atoms with Gasteiger partial charge >= 0.3 is 0 Å². The summed E-state index contributed by atoms with van der Waals surface area (Å²) in [6.07, 6.45) is 5.82. The van der Waals surface area contributed by atoms with Crippen LogP contribution in [-0.4, -0.2) is 11.0 Å². The fourth-order valence-corrected chi connectivity index (χ4v) is 1.74. The summed E-state index contributed by atoms with van der Waals surface area (Å²) < 4.78 is 0. The predicted molar refractivity (Wildman–Crippen MR) is 59.1 cm³/mol. The smallest absolute Gasteiger partial charge is 0.125 e. The number of aromatic nitrogens is 1. The van der Waals surface area contributed by atoms with Gasteiger partial charge in [0.2, 0.25) is 0 Å². The quantitative estimate of drug-likeness (QED) is 0.767. The zero-order chi connectivity index (χ0) is 9.97. The number of rotatable bonds is 4. The van der Waals surface area contributed by atoms with Crippen LogP contribution in [0.15, 0.2) is 18.3 Å². The van der Waals surface area contributed by atoms with Gasteiger partial charge in [-0.15, -0.1) is 0 Å². The van der Waals surface area contributed by atoms with Crippen molar-refractivity contribution in [3.8, 4) is 0 Å². The van der Waals surface area contributed by atoms with Crippen molar-refractivity contribution in [2.45, 2.75) is 32.2 Å². The van der Waals surface area contributed by atoms with Crippen molar-refractivity contribution >= 4 is 11.5 Å².